The molecule has 176 valence electrons. The van der Waals surface area contributed by atoms with Crippen molar-refractivity contribution in [2.24, 2.45) is 0 Å². The molecule has 1 aliphatic heterocycles. The minimum Gasteiger partial charge on any atom is -0.508 e. The van der Waals surface area contributed by atoms with Crippen molar-refractivity contribution in [1.82, 2.24) is 10.2 Å². The molecule has 3 rings (SSSR count). The molecule has 2 aromatic rings. The van der Waals surface area contributed by atoms with E-state index in [-0.39, 0.29) is 30.9 Å². The molecule has 3 atom stereocenters. The van der Waals surface area contributed by atoms with Crippen molar-refractivity contribution in [3.05, 3.63) is 59.7 Å². The first-order valence-electron chi connectivity index (χ1n) is 10.8. The second-order valence-corrected chi connectivity index (χ2v) is 8.18. The number of aryl methyl sites for hydroxylation is 1. The van der Waals surface area contributed by atoms with Crippen molar-refractivity contribution in [1.29, 1.82) is 0 Å². The number of phenols is 2. The fraction of sp³-hybridized carbons (Fsp3) is 0.375. The van der Waals surface area contributed by atoms with E-state index in [2.05, 4.69) is 5.32 Å². The number of likely N-dealkylation sites (tertiary alicyclic amines) is 1. The Morgan fingerprint density at radius 1 is 0.970 bits per heavy atom. The van der Waals surface area contributed by atoms with Gasteiger partial charge in [-0.2, -0.15) is 0 Å². The number of nitrogens with zero attached hydrogens (tertiary/aromatic N) is 1. The Bertz CT molecular complexity index is 975. The van der Waals surface area contributed by atoms with Crippen LogP contribution < -0.4 is 5.32 Å². The van der Waals surface area contributed by atoms with Crippen molar-refractivity contribution < 1.29 is 34.8 Å². The van der Waals surface area contributed by atoms with Gasteiger partial charge in [-0.25, -0.2) is 4.79 Å². The summed E-state index contributed by atoms with van der Waals surface area (Å²) < 4.78 is 0. The predicted molar refractivity (Wildman–Crippen MR) is 119 cm³/mol. The van der Waals surface area contributed by atoms with Gasteiger partial charge in [0.2, 0.25) is 11.8 Å². The minimum atomic E-state index is -1.42. The normalized spacial score (nSPS) is 17.4. The number of carboxylic acids is 1. The van der Waals surface area contributed by atoms with Gasteiger partial charge in [-0.3, -0.25) is 9.59 Å². The number of hydrogen-bond acceptors (Lipinski definition) is 6. The van der Waals surface area contributed by atoms with Gasteiger partial charge in [-0.15, -0.1) is 0 Å². The molecule has 9 nitrogen and oxygen atoms in total. The van der Waals surface area contributed by atoms with Crippen molar-refractivity contribution in [2.45, 2.75) is 50.3 Å². The van der Waals surface area contributed by atoms with Gasteiger partial charge < -0.3 is 30.6 Å². The average Bonchev–Trinajstić information content (AvgIpc) is 3.29. The van der Waals surface area contributed by atoms with Crippen LogP contribution in [0, 0.1) is 0 Å². The molecule has 1 fully saturated rings. The fourth-order valence-corrected chi connectivity index (χ4v) is 3.93. The lowest BCUT2D eigenvalue weighted by molar-refractivity contribution is -0.149. The molecule has 9 heteroatoms. The Morgan fingerprint density at radius 2 is 1.55 bits per heavy atom. The Morgan fingerprint density at radius 3 is 2.12 bits per heavy atom. The molecule has 1 heterocycles. The first kappa shape index (κ1) is 24.1. The van der Waals surface area contributed by atoms with Crippen LogP contribution in [0.1, 0.15) is 30.4 Å². The number of rotatable bonds is 9. The largest absolute Gasteiger partial charge is 0.508 e. The van der Waals surface area contributed by atoms with E-state index in [0.717, 1.165) is 5.56 Å². The van der Waals surface area contributed by atoms with Gasteiger partial charge in [0, 0.05) is 13.0 Å². The molecule has 0 aliphatic carbocycles. The lowest BCUT2D eigenvalue weighted by atomic mass is 10.0. The molecule has 2 amide bonds. The Labute approximate surface area is 191 Å². The summed E-state index contributed by atoms with van der Waals surface area (Å²) in [5, 5.41) is 41.2. The summed E-state index contributed by atoms with van der Waals surface area (Å²) in [4.78, 5) is 38.7. The van der Waals surface area contributed by atoms with E-state index in [4.69, 9.17) is 0 Å². The smallest absolute Gasteiger partial charge is 0.326 e. The van der Waals surface area contributed by atoms with Gasteiger partial charge in [-0.1, -0.05) is 24.3 Å². The molecule has 1 aliphatic rings. The number of carboxylic acid groups (broad SMARTS) is 1. The van der Waals surface area contributed by atoms with Crippen LogP contribution in [0.25, 0.3) is 0 Å². The number of phenolic OH excluding ortho intramolecular Hbond substituents is 2. The standard InChI is InChI=1S/C24H28N2O7/c27-17-8-3-15(4-9-17)7-12-19(23(31)26-13-1-2-20(26)24(32)33)25-22(30)21(29)14-16-5-10-18(28)11-6-16/h3-6,8-11,19-21,27-29H,1-2,7,12-14H2,(H,25,30)(H,32,33). The highest BCUT2D eigenvalue weighted by molar-refractivity contribution is 5.92. The number of benzene rings is 2. The Kier molecular flexibility index (Phi) is 7.89. The molecule has 1 saturated heterocycles. The van der Waals surface area contributed by atoms with Crippen molar-refractivity contribution >= 4 is 17.8 Å². The van der Waals surface area contributed by atoms with Crippen molar-refractivity contribution in [3.8, 4) is 11.5 Å². The van der Waals surface area contributed by atoms with Crippen LogP contribution in [0.15, 0.2) is 48.5 Å². The maximum atomic E-state index is 13.2. The van der Waals surface area contributed by atoms with Gasteiger partial charge in [0.15, 0.2) is 0 Å². The average molecular weight is 456 g/mol. The van der Waals surface area contributed by atoms with Gasteiger partial charge in [0.25, 0.3) is 0 Å². The van der Waals surface area contributed by atoms with E-state index in [1.54, 1.807) is 24.3 Å². The van der Waals surface area contributed by atoms with Crippen LogP contribution in [-0.2, 0) is 27.2 Å². The van der Waals surface area contributed by atoms with Gasteiger partial charge in [0.1, 0.15) is 29.7 Å². The number of hydrogen-bond donors (Lipinski definition) is 5. The number of aliphatic hydroxyl groups excluding tert-OH is 1. The zero-order valence-electron chi connectivity index (χ0n) is 18.1. The summed E-state index contributed by atoms with van der Waals surface area (Å²) in [6.07, 6.45) is 0.0774. The van der Waals surface area contributed by atoms with E-state index < -0.39 is 36.0 Å². The number of aliphatic hydroxyl groups is 1. The third kappa shape index (κ3) is 6.45. The molecule has 0 aromatic heterocycles. The summed E-state index contributed by atoms with van der Waals surface area (Å²) in [7, 11) is 0. The van der Waals surface area contributed by atoms with Crippen LogP contribution in [0.5, 0.6) is 11.5 Å². The molecule has 0 spiro atoms. The van der Waals surface area contributed by atoms with Crippen molar-refractivity contribution in [2.75, 3.05) is 6.54 Å². The van der Waals surface area contributed by atoms with Crippen LogP contribution in [0.4, 0.5) is 0 Å². The van der Waals surface area contributed by atoms with Crippen LogP contribution in [0.2, 0.25) is 0 Å². The lowest BCUT2D eigenvalue weighted by Crippen LogP contribution is -2.53. The number of amides is 2. The van der Waals surface area contributed by atoms with E-state index >= 15 is 0 Å². The van der Waals surface area contributed by atoms with Gasteiger partial charge >= 0.3 is 5.97 Å². The predicted octanol–water partition coefficient (Wildman–Crippen LogP) is 1.19. The molecule has 3 unspecified atom stereocenters. The van der Waals surface area contributed by atoms with Gasteiger partial charge in [0.05, 0.1) is 0 Å². The monoisotopic (exact) mass is 456 g/mol. The minimum absolute atomic E-state index is 0.00749. The highest BCUT2D eigenvalue weighted by atomic mass is 16.4. The zero-order valence-corrected chi connectivity index (χ0v) is 18.1. The third-order valence-electron chi connectivity index (χ3n) is 5.76. The number of carbonyl (C=O) groups excluding carboxylic acids is 2. The molecular formula is C24H28N2O7. The van der Waals surface area contributed by atoms with E-state index in [1.807, 2.05) is 0 Å². The summed E-state index contributed by atoms with van der Waals surface area (Å²) in [6, 6.07) is 10.6. The topological polar surface area (TPSA) is 147 Å². The number of carbonyl (C=O) groups is 3. The molecule has 5 N–H and O–H groups in total. The number of aromatic hydroxyl groups is 2. The lowest BCUT2D eigenvalue weighted by Gasteiger charge is -2.28. The highest BCUT2D eigenvalue weighted by Gasteiger charge is 2.38. The molecule has 2 aromatic carbocycles. The molecule has 0 saturated carbocycles. The SMILES string of the molecule is O=C(NC(CCc1ccc(O)cc1)C(=O)N1CCCC1C(=O)O)C(O)Cc1ccc(O)cc1. The number of aliphatic carboxylic acids is 1. The highest BCUT2D eigenvalue weighted by Crippen LogP contribution is 2.20. The molecule has 0 radical (unpaired) electrons. The van der Waals surface area contributed by atoms with Gasteiger partial charge in [-0.05, 0) is 61.1 Å². The number of nitrogens with one attached hydrogen (secondary N) is 1. The second-order valence-electron chi connectivity index (χ2n) is 8.18. The Hall–Kier alpha value is -3.59. The van der Waals surface area contributed by atoms with Crippen LogP contribution in [-0.4, -0.2) is 67.8 Å². The maximum Gasteiger partial charge on any atom is 0.326 e. The van der Waals surface area contributed by atoms with E-state index in [9.17, 15) is 34.8 Å². The summed E-state index contributed by atoms with van der Waals surface area (Å²) in [6.45, 7) is 0.289. The molecule has 0 bridgehead atoms. The maximum absolute atomic E-state index is 13.2. The first-order chi connectivity index (χ1) is 15.7. The third-order valence-corrected chi connectivity index (χ3v) is 5.76. The van der Waals surface area contributed by atoms with E-state index in [0.29, 0.717) is 24.8 Å². The fourth-order valence-electron chi connectivity index (χ4n) is 3.93. The quantitative estimate of drug-likeness (QED) is 0.381. The second kappa shape index (κ2) is 10.8. The van der Waals surface area contributed by atoms with Crippen molar-refractivity contribution in [3.63, 3.8) is 0 Å². The first-order valence-corrected chi connectivity index (χ1v) is 10.8. The zero-order chi connectivity index (χ0) is 24.0. The summed E-state index contributed by atoms with van der Waals surface area (Å²) >= 11 is 0. The van der Waals surface area contributed by atoms with E-state index in [1.165, 1.54) is 29.2 Å². The van der Waals surface area contributed by atoms with Crippen LogP contribution in [0.3, 0.4) is 0 Å². The summed E-state index contributed by atoms with van der Waals surface area (Å²) in [5.74, 6) is -2.14. The Balaban J connectivity index is 1.71. The molecular weight excluding hydrogens is 428 g/mol. The summed E-state index contributed by atoms with van der Waals surface area (Å²) in [5.41, 5.74) is 1.47. The van der Waals surface area contributed by atoms with Crippen LogP contribution >= 0.6 is 0 Å². The molecule has 33 heavy (non-hydrogen) atoms.